The first-order valence-electron chi connectivity index (χ1n) is 5.81. The molecule has 1 aliphatic rings. The molecule has 0 aromatic carbocycles. The largest absolute Gasteiger partial charge is 0.383 e. The molecule has 0 aromatic heterocycles. The Hall–Kier alpha value is -0.770. The van der Waals surface area contributed by atoms with Gasteiger partial charge in [-0.05, 0) is 19.8 Å². The van der Waals surface area contributed by atoms with Gasteiger partial charge in [0.15, 0.2) is 5.96 Å². The second-order valence-electron chi connectivity index (χ2n) is 4.31. The number of methoxy groups -OCH3 is 1. The Kier molecular flexibility index (Phi) is 5.47. The van der Waals surface area contributed by atoms with Crippen molar-refractivity contribution in [3.05, 3.63) is 0 Å². The highest BCUT2D eigenvalue weighted by Crippen LogP contribution is 2.19. The van der Waals surface area contributed by atoms with E-state index >= 15 is 0 Å². The number of rotatable bonds is 4. The highest BCUT2D eigenvalue weighted by molar-refractivity contribution is 5.78. The van der Waals surface area contributed by atoms with Crippen LogP contribution in [0.2, 0.25) is 0 Å². The summed E-state index contributed by atoms with van der Waals surface area (Å²) in [5.41, 5.74) is 5.82. The number of aliphatic imine (C=N–C) groups is 1. The Morgan fingerprint density at radius 2 is 2.13 bits per heavy atom. The smallest absolute Gasteiger partial charge is 0.189 e. The summed E-state index contributed by atoms with van der Waals surface area (Å²) in [5.74, 6) is 0.562. The predicted octanol–water partition coefficient (Wildman–Crippen LogP) is 1.26. The molecule has 0 aromatic rings. The maximum atomic E-state index is 5.82. The minimum Gasteiger partial charge on any atom is -0.383 e. The molecule has 1 atom stereocenters. The summed E-state index contributed by atoms with van der Waals surface area (Å²) in [4.78, 5) is 4.49. The lowest BCUT2D eigenvalue weighted by Gasteiger charge is -2.20. The van der Waals surface area contributed by atoms with Gasteiger partial charge in [0.1, 0.15) is 0 Å². The fraction of sp³-hybridized carbons (Fsp3) is 0.909. The fourth-order valence-electron chi connectivity index (χ4n) is 1.99. The minimum absolute atomic E-state index is 0.224. The second-order valence-corrected chi connectivity index (χ2v) is 4.31. The molecule has 1 rings (SSSR count). The number of guanidine groups is 1. The molecular weight excluding hydrogens is 190 g/mol. The Bertz CT molecular complexity index is 200. The number of nitrogens with zero attached hydrogens (tertiary/aromatic N) is 1. The molecule has 88 valence electrons. The quantitative estimate of drug-likeness (QED) is 0.546. The summed E-state index contributed by atoms with van der Waals surface area (Å²) < 4.78 is 5.02. The normalized spacial score (nSPS) is 21.3. The van der Waals surface area contributed by atoms with Crippen molar-refractivity contribution >= 4 is 5.96 Å². The van der Waals surface area contributed by atoms with Gasteiger partial charge in [0.2, 0.25) is 0 Å². The van der Waals surface area contributed by atoms with Crippen LogP contribution in [0.5, 0.6) is 0 Å². The lowest BCUT2D eigenvalue weighted by Crippen LogP contribution is -2.41. The van der Waals surface area contributed by atoms with Gasteiger partial charge in [-0.1, -0.05) is 19.3 Å². The molecule has 1 fully saturated rings. The summed E-state index contributed by atoms with van der Waals surface area (Å²) >= 11 is 0. The van der Waals surface area contributed by atoms with E-state index in [1.54, 1.807) is 7.11 Å². The standard InChI is InChI=1S/C11H23N3O/c1-9(8-15-2)13-11(12)14-10-6-4-3-5-7-10/h9-10H,3-8H2,1-2H3,(H3,12,13,14). The van der Waals surface area contributed by atoms with E-state index < -0.39 is 0 Å². The van der Waals surface area contributed by atoms with Gasteiger partial charge in [-0.15, -0.1) is 0 Å². The third kappa shape index (κ3) is 5.02. The molecule has 0 radical (unpaired) electrons. The van der Waals surface area contributed by atoms with Crippen molar-refractivity contribution in [1.82, 2.24) is 5.32 Å². The van der Waals surface area contributed by atoms with E-state index in [2.05, 4.69) is 10.3 Å². The van der Waals surface area contributed by atoms with E-state index in [0.29, 0.717) is 18.6 Å². The molecule has 4 nitrogen and oxygen atoms in total. The highest BCUT2D eigenvalue weighted by Gasteiger charge is 2.12. The van der Waals surface area contributed by atoms with Crippen molar-refractivity contribution in [2.24, 2.45) is 10.7 Å². The van der Waals surface area contributed by atoms with Crippen molar-refractivity contribution < 1.29 is 4.74 Å². The zero-order valence-corrected chi connectivity index (χ0v) is 9.83. The van der Waals surface area contributed by atoms with E-state index in [1.165, 1.54) is 32.1 Å². The van der Waals surface area contributed by atoms with Crippen LogP contribution in [-0.2, 0) is 4.74 Å². The molecule has 1 saturated carbocycles. The van der Waals surface area contributed by atoms with Crippen LogP contribution in [0.25, 0.3) is 0 Å². The van der Waals surface area contributed by atoms with Gasteiger partial charge in [0.05, 0.1) is 12.6 Å². The second kappa shape index (κ2) is 6.67. The zero-order chi connectivity index (χ0) is 11.1. The van der Waals surface area contributed by atoms with Gasteiger partial charge in [0.25, 0.3) is 0 Å². The molecule has 0 heterocycles. The van der Waals surface area contributed by atoms with Crippen LogP contribution >= 0.6 is 0 Å². The zero-order valence-electron chi connectivity index (χ0n) is 9.83. The van der Waals surface area contributed by atoms with E-state index in [0.717, 1.165) is 0 Å². The van der Waals surface area contributed by atoms with Gasteiger partial charge >= 0.3 is 0 Å². The third-order valence-electron chi connectivity index (χ3n) is 2.71. The molecule has 3 N–H and O–H groups in total. The van der Waals surface area contributed by atoms with E-state index in [4.69, 9.17) is 10.5 Å². The van der Waals surface area contributed by atoms with Gasteiger partial charge in [-0.25, -0.2) is 0 Å². The summed E-state index contributed by atoms with van der Waals surface area (Å²) in [6, 6.07) is 0.656. The number of nitrogens with two attached hydrogens (primary N) is 1. The minimum atomic E-state index is 0.224. The van der Waals surface area contributed by atoms with E-state index in [1.807, 2.05) is 6.92 Å². The Morgan fingerprint density at radius 3 is 2.73 bits per heavy atom. The predicted molar refractivity (Wildman–Crippen MR) is 63.0 cm³/mol. The summed E-state index contributed by atoms with van der Waals surface area (Å²) in [7, 11) is 1.69. The summed E-state index contributed by atoms with van der Waals surface area (Å²) in [6.45, 7) is 2.69. The molecule has 0 saturated heterocycles. The highest BCUT2D eigenvalue weighted by atomic mass is 16.5. The summed E-state index contributed by atoms with van der Waals surface area (Å²) in [5, 5.41) is 3.13. The molecule has 15 heavy (non-hydrogen) atoms. The monoisotopic (exact) mass is 213 g/mol. The topological polar surface area (TPSA) is 59.6 Å². The Balaban J connectivity index is 2.30. The maximum Gasteiger partial charge on any atom is 0.189 e. The Labute approximate surface area is 92.3 Å². The molecule has 1 unspecified atom stereocenters. The average Bonchev–Trinajstić information content (AvgIpc) is 2.19. The molecular formula is C11H23N3O. The van der Waals surface area contributed by atoms with Crippen LogP contribution in [0.15, 0.2) is 4.99 Å². The number of hydrogen-bond donors (Lipinski definition) is 2. The van der Waals surface area contributed by atoms with Crippen LogP contribution < -0.4 is 11.1 Å². The first-order chi connectivity index (χ1) is 7.22. The maximum absolute atomic E-state index is 5.82. The lowest BCUT2D eigenvalue weighted by atomic mass is 9.96. The molecule has 4 heteroatoms. The first-order valence-corrected chi connectivity index (χ1v) is 5.81. The molecule has 0 spiro atoms. The average molecular weight is 213 g/mol. The van der Waals surface area contributed by atoms with Crippen LogP contribution in [-0.4, -0.2) is 31.8 Å². The molecule has 1 aliphatic carbocycles. The van der Waals surface area contributed by atoms with Crippen LogP contribution in [0.1, 0.15) is 39.0 Å². The van der Waals surface area contributed by atoms with E-state index in [9.17, 15) is 0 Å². The molecule has 0 aliphatic heterocycles. The number of nitrogens with one attached hydrogen (secondary N) is 1. The Morgan fingerprint density at radius 1 is 1.47 bits per heavy atom. The van der Waals surface area contributed by atoms with Crippen molar-refractivity contribution in [3.8, 4) is 0 Å². The molecule has 0 amide bonds. The van der Waals surface area contributed by atoms with Gasteiger partial charge in [0, 0.05) is 13.2 Å². The van der Waals surface area contributed by atoms with Crippen LogP contribution in [0.4, 0.5) is 0 Å². The third-order valence-corrected chi connectivity index (χ3v) is 2.71. The number of hydrogen-bond acceptors (Lipinski definition) is 2. The molecule has 0 bridgehead atoms. The van der Waals surface area contributed by atoms with Crippen molar-refractivity contribution in [2.75, 3.05) is 13.7 Å². The van der Waals surface area contributed by atoms with Gasteiger partial charge in [-0.2, -0.15) is 0 Å². The van der Waals surface area contributed by atoms with Gasteiger partial charge < -0.3 is 15.8 Å². The summed E-state index contributed by atoms with van der Waals surface area (Å²) in [6.07, 6.45) is 6.28. The SMILES string of the molecule is COCC(C)NC(N)=NC1CCCCC1. The van der Waals surface area contributed by atoms with Crippen molar-refractivity contribution in [2.45, 2.75) is 51.1 Å². The van der Waals surface area contributed by atoms with Crippen molar-refractivity contribution in [3.63, 3.8) is 0 Å². The number of ether oxygens (including phenoxy) is 1. The van der Waals surface area contributed by atoms with Crippen molar-refractivity contribution in [1.29, 1.82) is 0 Å². The lowest BCUT2D eigenvalue weighted by molar-refractivity contribution is 0.179. The van der Waals surface area contributed by atoms with Crippen LogP contribution in [0.3, 0.4) is 0 Å². The van der Waals surface area contributed by atoms with Gasteiger partial charge in [-0.3, -0.25) is 4.99 Å². The van der Waals surface area contributed by atoms with Crippen LogP contribution in [0, 0.1) is 0 Å². The first kappa shape index (κ1) is 12.3. The fourth-order valence-corrected chi connectivity index (χ4v) is 1.99. The van der Waals surface area contributed by atoms with E-state index in [-0.39, 0.29) is 6.04 Å².